The van der Waals surface area contributed by atoms with Crippen molar-refractivity contribution in [2.24, 2.45) is 10.9 Å². The van der Waals surface area contributed by atoms with Crippen LogP contribution in [0, 0.1) is 17.6 Å². The van der Waals surface area contributed by atoms with Gasteiger partial charge in [0.05, 0.1) is 17.7 Å². The molecule has 0 bridgehead atoms. The SMILES string of the molecule is CCOC(=O)C1=C(C(C)C)N2C(=N[C@@](C)(c3ccc(Br)cc3F)[C@H]2c2ccc(Cl)c(F)c2)S1. The molecule has 4 rings (SSSR count). The summed E-state index contributed by atoms with van der Waals surface area (Å²) < 4.78 is 35.7. The van der Waals surface area contributed by atoms with Crippen molar-refractivity contribution in [3.8, 4) is 0 Å². The van der Waals surface area contributed by atoms with Gasteiger partial charge in [-0.2, -0.15) is 0 Å². The molecule has 0 saturated carbocycles. The van der Waals surface area contributed by atoms with Gasteiger partial charge >= 0.3 is 5.97 Å². The summed E-state index contributed by atoms with van der Waals surface area (Å²) >= 11 is 10.5. The van der Waals surface area contributed by atoms with Gasteiger partial charge in [0, 0.05) is 15.7 Å². The Kier molecular flexibility index (Phi) is 6.64. The van der Waals surface area contributed by atoms with Crippen LogP contribution in [0.25, 0.3) is 0 Å². The van der Waals surface area contributed by atoms with Crippen molar-refractivity contribution < 1.29 is 18.3 Å². The second-order valence-electron chi connectivity index (χ2n) is 8.30. The lowest BCUT2D eigenvalue weighted by atomic mass is 9.80. The average Bonchev–Trinajstić information content (AvgIpc) is 3.22. The maximum Gasteiger partial charge on any atom is 0.346 e. The zero-order chi connectivity index (χ0) is 24.1. The van der Waals surface area contributed by atoms with E-state index in [1.807, 2.05) is 25.7 Å². The number of amidine groups is 1. The zero-order valence-electron chi connectivity index (χ0n) is 18.5. The Morgan fingerprint density at radius 1 is 1.27 bits per heavy atom. The Bertz CT molecular complexity index is 1200. The number of aliphatic imine (C=N–C) groups is 1. The van der Waals surface area contributed by atoms with Crippen LogP contribution in [0.3, 0.4) is 0 Å². The normalized spacial score (nSPS) is 22.2. The molecule has 2 heterocycles. The second-order valence-corrected chi connectivity index (χ2v) is 10.6. The van der Waals surface area contributed by atoms with Gasteiger partial charge in [-0.1, -0.05) is 53.5 Å². The fourth-order valence-corrected chi connectivity index (χ4v) is 6.14. The molecule has 2 atom stereocenters. The molecule has 0 N–H and O–H groups in total. The van der Waals surface area contributed by atoms with Crippen LogP contribution < -0.4 is 0 Å². The van der Waals surface area contributed by atoms with Crippen LogP contribution in [0.15, 0.2) is 56.5 Å². The molecule has 33 heavy (non-hydrogen) atoms. The van der Waals surface area contributed by atoms with Crippen LogP contribution in [0.4, 0.5) is 8.78 Å². The first kappa shape index (κ1) is 24.2. The minimum Gasteiger partial charge on any atom is -0.462 e. The summed E-state index contributed by atoms with van der Waals surface area (Å²) in [5, 5.41) is 0.545. The number of rotatable bonds is 5. The van der Waals surface area contributed by atoms with E-state index in [0.717, 1.165) is 5.70 Å². The molecule has 4 nitrogen and oxygen atoms in total. The highest BCUT2D eigenvalue weighted by molar-refractivity contribution is 9.10. The Morgan fingerprint density at radius 2 is 2.00 bits per heavy atom. The fraction of sp³-hybridized carbons (Fsp3) is 0.333. The van der Waals surface area contributed by atoms with Crippen molar-refractivity contribution in [1.29, 1.82) is 0 Å². The molecular formula is C24H22BrClF2N2O2S. The standard InChI is InChI=1S/C24H22BrClF2N2O2S/c1-5-32-22(31)20-19(12(2)3)30-21(13-6-9-16(26)18(28)10-13)24(4,29-23(30)33-20)15-8-7-14(25)11-17(15)27/h6-12,21H,5H2,1-4H3/t21-,24+/m1/s1. The maximum atomic E-state index is 15.2. The number of fused-ring (bicyclic) bond motifs is 1. The van der Waals surface area contributed by atoms with Crippen molar-refractivity contribution >= 4 is 50.4 Å². The predicted molar refractivity (Wildman–Crippen MR) is 131 cm³/mol. The van der Waals surface area contributed by atoms with Gasteiger partial charge in [0.2, 0.25) is 0 Å². The first-order valence-electron chi connectivity index (χ1n) is 10.5. The fourth-order valence-electron chi connectivity index (χ4n) is 4.39. The number of carbonyl (C=O) groups is 1. The summed E-state index contributed by atoms with van der Waals surface area (Å²) in [6, 6.07) is 8.77. The summed E-state index contributed by atoms with van der Waals surface area (Å²) in [6.45, 7) is 7.75. The van der Waals surface area contributed by atoms with E-state index in [2.05, 4.69) is 15.9 Å². The second kappa shape index (κ2) is 9.04. The molecule has 0 unspecified atom stereocenters. The van der Waals surface area contributed by atoms with Crippen molar-refractivity contribution in [2.45, 2.75) is 39.3 Å². The highest BCUT2D eigenvalue weighted by Gasteiger charge is 2.54. The number of halogens is 4. The van der Waals surface area contributed by atoms with E-state index in [4.69, 9.17) is 21.3 Å². The molecule has 0 aromatic heterocycles. The number of ether oxygens (including phenoxy) is 1. The lowest BCUT2D eigenvalue weighted by Gasteiger charge is -2.37. The van der Waals surface area contributed by atoms with Gasteiger partial charge in [0.25, 0.3) is 0 Å². The Labute approximate surface area is 209 Å². The van der Waals surface area contributed by atoms with Crippen molar-refractivity contribution in [1.82, 2.24) is 4.90 Å². The number of nitrogens with zero attached hydrogens (tertiary/aromatic N) is 2. The topological polar surface area (TPSA) is 41.9 Å². The molecule has 2 aromatic carbocycles. The van der Waals surface area contributed by atoms with E-state index in [-0.39, 0.29) is 17.5 Å². The summed E-state index contributed by atoms with van der Waals surface area (Å²) in [5.74, 6) is -1.50. The number of allylic oxidation sites excluding steroid dienone is 1. The summed E-state index contributed by atoms with van der Waals surface area (Å²) in [5.41, 5.74) is 0.575. The molecule has 2 aliphatic rings. The molecule has 0 radical (unpaired) electrons. The molecule has 0 saturated heterocycles. The molecule has 0 fully saturated rings. The van der Waals surface area contributed by atoms with E-state index in [1.165, 1.54) is 30.0 Å². The van der Waals surface area contributed by atoms with Crippen LogP contribution in [0.5, 0.6) is 0 Å². The summed E-state index contributed by atoms with van der Waals surface area (Å²) in [7, 11) is 0. The number of benzene rings is 2. The number of hydrogen-bond acceptors (Lipinski definition) is 5. The highest BCUT2D eigenvalue weighted by Crippen LogP contribution is 2.56. The van der Waals surface area contributed by atoms with Crippen LogP contribution in [0.2, 0.25) is 5.02 Å². The van der Waals surface area contributed by atoms with Gasteiger partial charge in [-0.25, -0.2) is 18.6 Å². The van der Waals surface area contributed by atoms with Gasteiger partial charge in [-0.3, -0.25) is 0 Å². The monoisotopic (exact) mass is 554 g/mol. The van der Waals surface area contributed by atoms with Gasteiger partial charge in [-0.15, -0.1) is 0 Å². The first-order chi connectivity index (χ1) is 15.6. The molecule has 2 aromatic rings. The zero-order valence-corrected chi connectivity index (χ0v) is 21.6. The van der Waals surface area contributed by atoms with E-state index in [9.17, 15) is 9.18 Å². The van der Waals surface area contributed by atoms with Crippen LogP contribution in [-0.2, 0) is 15.1 Å². The Hall–Kier alpha value is -1.90. The van der Waals surface area contributed by atoms with Crippen molar-refractivity contribution in [3.05, 3.63) is 79.3 Å². The van der Waals surface area contributed by atoms with E-state index >= 15 is 4.39 Å². The predicted octanol–water partition coefficient (Wildman–Crippen LogP) is 7.19. The molecule has 0 amide bonds. The van der Waals surface area contributed by atoms with E-state index < -0.39 is 29.2 Å². The molecule has 9 heteroatoms. The van der Waals surface area contributed by atoms with Crippen LogP contribution in [0.1, 0.15) is 44.9 Å². The molecule has 2 aliphatic heterocycles. The van der Waals surface area contributed by atoms with Gasteiger partial charge in [-0.05, 0) is 61.4 Å². The number of esters is 1. The van der Waals surface area contributed by atoms with E-state index in [1.54, 1.807) is 25.1 Å². The van der Waals surface area contributed by atoms with Gasteiger partial charge < -0.3 is 9.64 Å². The maximum absolute atomic E-state index is 15.2. The quantitative estimate of drug-likeness (QED) is 0.366. The molecular weight excluding hydrogens is 534 g/mol. The van der Waals surface area contributed by atoms with E-state index in [0.29, 0.717) is 25.7 Å². The minimum absolute atomic E-state index is 0.00273. The van der Waals surface area contributed by atoms with Gasteiger partial charge in [0.1, 0.15) is 22.1 Å². The molecule has 0 aliphatic carbocycles. The van der Waals surface area contributed by atoms with Gasteiger partial charge in [0.15, 0.2) is 5.17 Å². The van der Waals surface area contributed by atoms with Crippen LogP contribution in [-0.4, -0.2) is 22.6 Å². The average molecular weight is 556 g/mol. The molecule has 0 spiro atoms. The lowest BCUT2D eigenvalue weighted by Crippen LogP contribution is -2.36. The number of hydrogen-bond donors (Lipinski definition) is 0. The van der Waals surface area contributed by atoms with Crippen molar-refractivity contribution in [2.75, 3.05) is 6.61 Å². The lowest BCUT2D eigenvalue weighted by molar-refractivity contribution is -0.137. The van der Waals surface area contributed by atoms with Crippen LogP contribution >= 0.6 is 39.3 Å². The largest absolute Gasteiger partial charge is 0.462 e. The smallest absolute Gasteiger partial charge is 0.346 e. The summed E-state index contributed by atoms with van der Waals surface area (Å²) in [4.78, 5) is 20.0. The third-order valence-corrected chi connectivity index (χ3v) is 7.60. The summed E-state index contributed by atoms with van der Waals surface area (Å²) in [6.07, 6.45) is 0. The minimum atomic E-state index is -1.09. The number of carbonyl (C=O) groups excluding carboxylic acids is 1. The highest BCUT2D eigenvalue weighted by atomic mass is 79.9. The first-order valence-corrected chi connectivity index (χ1v) is 12.5. The molecule has 174 valence electrons. The third kappa shape index (κ3) is 4.10. The Balaban J connectivity index is 1.94. The number of thioether (sulfide) groups is 1. The third-order valence-electron chi connectivity index (χ3n) is 5.75. The Morgan fingerprint density at radius 3 is 2.61 bits per heavy atom. The van der Waals surface area contributed by atoms with Crippen molar-refractivity contribution in [3.63, 3.8) is 0 Å².